The minimum Gasteiger partial charge on any atom is -0.435 e. The molecule has 0 saturated carbocycles. The molecule has 3 aromatic rings. The van der Waals surface area contributed by atoms with Crippen LogP contribution in [0.3, 0.4) is 0 Å². The average molecular weight is 447 g/mol. The van der Waals surface area contributed by atoms with E-state index in [9.17, 15) is 22.4 Å². The van der Waals surface area contributed by atoms with Crippen molar-refractivity contribution in [3.05, 3.63) is 71.2 Å². The molecule has 0 radical (unpaired) electrons. The van der Waals surface area contributed by atoms with Crippen LogP contribution < -0.4 is 10.1 Å². The van der Waals surface area contributed by atoms with E-state index in [1.165, 1.54) is 43.3 Å². The van der Waals surface area contributed by atoms with E-state index in [0.29, 0.717) is 22.6 Å². The van der Waals surface area contributed by atoms with Crippen molar-refractivity contribution in [2.24, 2.45) is 0 Å². The molecule has 1 N–H and O–H groups in total. The monoisotopic (exact) mass is 447 g/mol. The highest BCUT2D eigenvalue weighted by atomic mass is 19.3. The summed E-state index contributed by atoms with van der Waals surface area (Å²) in [6, 6.07) is 11.4. The van der Waals surface area contributed by atoms with Crippen molar-refractivity contribution in [3.8, 4) is 17.0 Å². The van der Waals surface area contributed by atoms with Crippen LogP contribution >= 0.6 is 0 Å². The van der Waals surface area contributed by atoms with Gasteiger partial charge in [0.2, 0.25) is 0 Å². The molecule has 0 spiro atoms. The number of anilines is 1. The molecule has 0 aliphatic rings. The van der Waals surface area contributed by atoms with E-state index < -0.39 is 18.4 Å². The van der Waals surface area contributed by atoms with Gasteiger partial charge >= 0.3 is 6.61 Å². The van der Waals surface area contributed by atoms with Crippen molar-refractivity contribution in [1.29, 1.82) is 0 Å². The number of rotatable bonds is 7. The number of amides is 1. The number of nitrogens with one attached hydrogen (secondary N) is 1. The van der Waals surface area contributed by atoms with Crippen LogP contribution in [0.4, 0.5) is 23.2 Å². The number of benzene rings is 2. The Kier molecular flexibility index (Phi) is 6.76. The molecule has 1 aromatic heterocycles. The molecule has 3 rings (SSSR count). The Morgan fingerprint density at radius 2 is 1.75 bits per heavy atom. The van der Waals surface area contributed by atoms with E-state index in [2.05, 4.69) is 20.0 Å². The summed E-state index contributed by atoms with van der Waals surface area (Å²) in [5.74, 6) is -3.56. The number of alkyl halides is 4. The maximum absolute atomic E-state index is 14.0. The molecular formula is C23H21F4N3O2. The summed E-state index contributed by atoms with van der Waals surface area (Å²) in [4.78, 5) is 21.5. The van der Waals surface area contributed by atoms with Gasteiger partial charge in [0.1, 0.15) is 11.4 Å². The molecule has 32 heavy (non-hydrogen) atoms. The molecule has 1 amide bonds. The Labute approximate surface area is 182 Å². The summed E-state index contributed by atoms with van der Waals surface area (Å²) >= 11 is 0. The molecule has 0 saturated heterocycles. The molecule has 5 nitrogen and oxygen atoms in total. The standard InChI is InChI=1S/C23H21F4N3O2/c1-4-23(26,27)16-6-5-7-17(12-16)30-21(31)20-14(3)28-19(13(2)29-20)15-8-10-18(11-9-15)32-22(24)25/h5-12,22H,4H2,1-3H3,(H,30,31). The van der Waals surface area contributed by atoms with E-state index in [0.717, 1.165) is 0 Å². The SMILES string of the molecule is CCC(F)(F)c1cccc(NC(=O)c2nc(C)c(-c3ccc(OC(F)F)cc3)nc2C)c1. The Hall–Kier alpha value is -3.49. The van der Waals surface area contributed by atoms with Crippen molar-refractivity contribution >= 4 is 11.6 Å². The highest BCUT2D eigenvalue weighted by molar-refractivity contribution is 6.03. The highest BCUT2D eigenvalue weighted by Crippen LogP contribution is 2.32. The Bertz CT molecular complexity index is 1120. The highest BCUT2D eigenvalue weighted by Gasteiger charge is 2.29. The van der Waals surface area contributed by atoms with Gasteiger partial charge in [0.05, 0.1) is 17.1 Å². The number of hydrogen-bond donors (Lipinski definition) is 1. The first-order valence-corrected chi connectivity index (χ1v) is 9.81. The van der Waals surface area contributed by atoms with Crippen LogP contribution in [0, 0.1) is 13.8 Å². The zero-order valence-corrected chi connectivity index (χ0v) is 17.6. The average Bonchev–Trinajstić information content (AvgIpc) is 2.75. The molecule has 2 aromatic carbocycles. The predicted molar refractivity (Wildman–Crippen MR) is 112 cm³/mol. The lowest BCUT2D eigenvalue weighted by atomic mass is 10.1. The smallest absolute Gasteiger partial charge is 0.387 e. The second-order valence-electron chi connectivity index (χ2n) is 7.09. The lowest BCUT2D eigenvalue weighted by Crippen LogP contribution is -2.18. The molecule has 1 heterocycles. The topological polar surface area (TPSA) is 64.1 Å². The second kappa shape index (κ2) is 9.33. The number of nitrogens with zero attached hydrogens (tertiary/aromatic N) is 2. The molecule has 168 valence electrons. The summed E-state index contributed by atoms with van der Waals surface area (Å²) in [6.45, 7) is 1.72. The molecule has 0 bridgehead atoms. The fourth-order valence-corrected chi connectivity index (χ4v) is 3.10. The van der Waals surface area contributed by atoms with Gasteiger partial charge in [-0.25, -0.2) is 18.7 Å². The lowest BCUT2D eigenvalue weighted by molar-refractivity contribution is -0.0498. The van der Waals surface area contributed by atoms with Crippen molar-refractivity contribution in [2.75, 3.05) is 5.32 Å². The first-order valence-electron chi connectivity index (χ1n) is 9.81. The van der Waals surface area contributed by atoms with Crippen LogP contribution in [0.1, 0.15) is 40.8 Å². The molecule has 0 unspecified atom stereocenters. The third kappa shape index (κ3) is 5.22. The summed E-state index contributed by atoms with van der Waals surface area (Å²) in [5, 5.41) is 2.59. The third-order valence-corrected chi connectivity index (χ3v) is 4.80. The van der Waals surface area contributed by atoms with Gasteiger partial charge in [0.25, 0.3) is 11.8 Å². The molecular weight excluding hydrogens is 426 g/mol. The van der Waals surface area contributed by atoms with E-state index in [1.807, 2.05) is 0 Å². The van der Waals surface area contributed by atoms with Gasteiger partial charge in [-0.15, -0.1) is 0 Å². The van der Waals surface area contributed by atoms with Crippen LogP contribution in [0.5, 0.6) is 5.75 Å². The fraction of sp³-hybridized carbons (Fsp3) is 0.261. The number of hydrogen-bond acceptors (Lipinski definition) is 4. The summed E-state index contributed by atoms with van der Waals surface area (Å²) in [7, 11) is 0. The summed E-state index contributed by atoms with van der Waals surface area (Å²) < 4.78 is 56.9. The van der Waals surface area contributed by atoms with E-state index in [4.69, 9.17) is 0 Å². The molecule has 0 atom stereocenters. The Morgan fingerprint density at radius 3 is 2.38 bits per heavy atom. The second-order valence-corrected chi connectivity index (χ2v) is 7.09. The van der Waals surface area contributed by atoms with Crippen LogP contribution in [-0.4, -0.2) is 22.5 Å². The number of carbonyl (C=O) groups is 1. The number of carbonyl (C=O) groups excluding carboxylic acids is 1. The molecule has 0 fully saturated rings. The van der Waals surface area contributed by atoms with E-state index in [-0.39, 0.29) is 29.1 Å². The van der Waals surface area contributed by atoms with Crippen LogP contribution in [0.15, 0.2) is 48.5 Å². The largest absolute Gasteiger partial charge is 0.435 e. The maximum Gasteiger partial charge on any atom is 0.387 e. The van der Waals surface area contributed by atoms with Crippen LogP contribution in [-0.2, 0) is 5.92 Å². The van der Waals surface area contributed by atoms with Gasteiger partial charge in [-0.1, -0.05) is 19.1 Å². The normalized spacial score (nSPS) is 11.5. The van der Waals surface area contributed by atoms with Gasteiger partial charge in [0, 0.05) is 23.2 Å². The quantitative estimate of drug-likeness (QED) is 0.444. The Morgan fingerprint density at radius 1 is 1.06 bits per heavy atom. The third-order valence-electron chi connectivity index (χ3n) is 4.80. The van der Waals surface area contributed by atoms with Gasteiger partial charge in [0.15, 0.2) is 0 Å². The number of aryl methyl sites for hydroxylation is 2. The number of aromatic nitrogens is 2. The molecule has 0 aliphatic carbocycles. The number of halogens is 4. The van der Waals surface area contributed by atoms with Gasteiger partial charge in [-0.05, 0) is 50.2 Å². The Balaban J connectivity index is 1.83. The van der Waals surface area contributed by atoms with Gasteiger partial charge < -0.3 is 10.1 Å². The van der Waals surface area contributed by atoms with Crippen molar-refractivity contribution < 1.29 is 27.1 Å². The first kappa shape index (κ1) is 23.2. The van der Waals surface area contributed by atoms with Crippen LogP contribution in [0.2, 0.25) is 0 Å². The number of ether oxygens (including phenoxy) is 1. The maximum atomic E-state index is 14.0. The van der Waals surface area contributed by atoms with Crippen molar-refractivity contribution in [2.45, 2.75) is 39.7 Å². The van der Waals surface area contributed by atoms with Crippen molar-refractivity contribution in [3.63, 3.8) is 0 Å². The minimum atomic E-state index is -3.00. The fourth-order valence-electron chi connectivity index (χ4n) is 3.10. The minimum absolute atomic E-state index is 0.0120. The van der Waals surface area contributed by atoms with Crippen molar-refractivity contribution in [1.82, 2.24) is 9.97 Å². The molecule has 0 aliphatic heterocycles. The van der Waals surface area contributed by atoms with Gasteiger partial charge in [-0.3, -0.25) is 4.79 Å². The predicted octanol–water partition coefficient (Wildman–Crippen LogP) is 6.12. The lowest BCUT2D eigenvalue weighted by Gasteiger charge is -2.16. The summed E-state index contributed by atoms with van der Waals surface area (Å²) in [6.07, 6.45) is -0.356. The van der Waals surface area contributed by atoms with Crippen LogP contribution in [0.25, 0.3) is 11.3 Å². The first-order chi connectivity index (χ1) is 15.1. The summed E-state index contributed by atoms with van der Waals surface area (Å²) in [5.41, 5.74) is 1.94. The van der Waals surface area contributed by atoms with E-state index >= 15 is 0 Å². The molecule has 9 heteroatoms. The van der Waals surface area contributed by atoms with Gasteiger partial charge in [-0.2, -0.15) is 8.78 Å². The zero-order chi connectivity index (χ0) is 23.5. The zero-order valence-electron chi connectivity index (χ0n) is 17.6. The van der Waals surface area contributed by atoms with E-state index in [1.54, 1.807) is 26.0 Å².